The number of hydrogen-bond donors (Lipinski definition) is 1. The quantitative estimate of drug-likeness (QED) is 0.916. The molecule has 0 radical (unpaired) electrons. The number of rotatable bonds is 4. The minimum atomic E-state index is -0.148. The summed E-state index contributed by atoms with van der Waals surface area (Å²) in [4.78, 5) is 18.3. The number of amides is 1. The molecule has 0 unspecified atom stereocenters. The maximum atomic E-state index is 12.4. The van der Waals surface area contributed by atoms with Crippen molar-refractivity contribution in [3.8, 4) is 0 Å². The van der Waals surface area contributed by atoms with E-state index in [1.54, 1.807) is 18.5 Å². The van der Waals surface area contributed by atoms with E-state index in [9.17, 15) is 4.79 Å². The Labute approximate surface area is 146 Å². The molecule has 2 aliphatic rings. The van der Waals surface area contributed by atoms with Gasteiger partial charge in [-0.25, -0.2) is 0 Å². The Balaban J connectivity index is 1.28. The molecule has 2 aromatic rings. The molecule has 2 fully saturated rings. The first kappa shape index (κ1) is 16.2. The van der Waals surface area contributed by atoms with Crippen LogP contribution in [0.5, 0.6) is 0 Å². The normalized spacial score (nSPS) is 22.4. The molecule has 4 rings (SSSR count). The van der Waals surface area contributed by atoms with Crippen LogP contribution in [0.4, 0.5) is 0 Å². The number of carbonyl (C=O) groups excluding carboxylic acids is 1. The highest BCUT2D eigenvalue weighted by atomic mass is 16.6. The van der Waals surface area contributed by atoms with E-state index < -0.39 is 0 Å². The van der Waals surface area contributed by atoms with E-state index in [0.717, 1.165) is 24.8 Å². The van der Waals surface area contributed by atoms with Crippen molar-refractivity contribution in [3.05, 3.63) is 48.0 Å². The predicted octanol–water partition coefficient (Wildman–Crippen LogP) is 1.79. The molecule has 25 heavy (non-hydrogen) atoms. The van der Waals surface area contributed by atoms with Gasteiger partial charge in [0, 0.05) is 38.1 Å². The summed E-state index contributed by atoms with van der Waals surface area (Å²) in [6.07, 6.45) is 7.87. The van der Waals surface area contributed by atoms with Gasteiger partial charge in [-0.05, 0) is 30.5 Å². The number of pyridine rings is 1. The maximum absolute atomic E-state index is 12.4. The zero-order chi connectivity index (χ0) is 17.1. The van der Waals surface area contributed by atoms with E-state index in [1.165, 1.54) is 0 Å². The molecule has 2 aromatic heterocycles. The Morgan fingerprint density at radius 1 is 1.36 bits per heavy atom. The topological polar surface area (TPSA) is 80.3 Å². The summed E-state index contributed by atoms with van der Waals surface area (Å²) in [5, 5.41) is 6.58. The van der Waals surface area contributed by atoms with E-state index >= 15 is 0 Å². The van der Waals surface area contributed by atoms with Gasteiger partial charge in [0.2, 0.25) is 0 Å². The summed E-state index contributed by atoms with van der Waals surface area (Å²) < 4.78 is 12.1. The molecular formula is C18H22N4O3. The summed E-state index contributed by atoms with van der Waals surface area (Å²) in [5.41, 5.74) is 1.47. The lowest BCUT2D eigenvalue weighted by Gasteiger charge is -2.38. The van der Waals surface area contributed by atoms with E-state index in [1.807, 2.05) is 23.2 Å². The van der Waals surface area contributed by atoms with Crippen LogP contribution in [0.25, 0.3) is 0 Å². The lowest BCUT2D eigenvalue weighted by atomic mass is 9.88. The van der Waals surface area contributed by atoms with Crippen LogP contribution in [0.2, 0.25) is 0 Å². The Hall–Kier alpha value is -2.25. The molecule has 0 aliphatic carbocycles. The number of nitrogens with zero attached hydrogens (tertiary/aromatic N) is 3. The third-order valence-corrected chi connectivity index (χ3v) is 5.08. The van der Waals surface area contributed by atoms with Crippen molar-refractivity contribution >= 4 is 5.91 Å². The summed E-state index contributed by atoms with van der Waals surface area (Å²) in [6.45, 7) is 2.58. The zero-order valence-corrected chi connectivity index (χ0v) is 14.1. The molecule has 7 heteroatoms. The van der Waals surface area contributed by atoms with E-state index in [4.69, 9.17) is 9.47 Å². The summed E-state index contributed by atoms with van der Waals surface area (Å²) in [6, 6.07) is 5.64. The third-order valence-electron chi connectivity index (χ3n) is 5.08. The van der Waals surface area contributed by atoms with Gasteiger partial charge in [-0.15, -0.1) is 0 Å². The number of likely N-dealkylation sites (tertiary alicyclic amines) is 1. The second-order valence-electron chi connectivity index (χ2n) is 6.75. The Morgan fingerprint density at radius 3 is 2.96 bits per heavy atom. The van der Waals surface area contributed by atoms with Crippen LogP contribution in [0.1, 0.15) is 35.3 Å². The summed E-state index contributed by atoms with van der Waals surface area (Å²) in [5.74, 6) is 0.00900. The van der Waals surface area contributed by atoms with Crippen LogP contribution < -0.4 is 0 Å². The van der Waals surface area contributed by atoms with Gasteiger partial charge < -0.3 is 14.4 Å². The molecule has 0 aromatic carbocycles. The van der Waals surface area contributed by atoms with Crippen LogP contribution in [-0.2, 0) is 16.1 Å². The fourth-order valence-corrected chi connectivity index (χ4v) is 3.62. The molecule has 0 saturated carbocycles. The number of carbonyl (C=O) groups is 1. The smallest absolute Gasteiger partial charge is 0.271 e. The fraction of sp³-hybridized carbons (Fsp3) is 0.500. The van der Waals surface area contributed by atoms with Crippen LogP contribution >= 0.6 is 0 Å². The third kappa shape index (κ3) is 3.57. The van der Waals surface area contributed by atoms with Gasteiger partial charge in [0.05, 0.1) is 24.9 Å². The van der Waals surface area contributed by atoms with Crippen molar-refractivity contribution < 1.29 is 14.3 Å². The van der Waals surface area contributed by atoms with Gasteiger partial charge >= 0.3 is 0 Å². The summed E-state index contributed by atoms with van der Waals surface area (Å²) >= 11 is 0. The zero-order valence-electron chi connectivity index (χ0n) is 14.1. The van der Waals surface area contributed by atoms with Crippen LogP contribution in [0.3, 0.4) is 0 Å². The van der Waals surface area contributed by atoms with Crippen molar-refractivity contribution in [1.29, 1.82) is 0 Å². The van der Waals surface area contributed by atoms with Crippen molar-refractivity contribution in [1.82, 2.24) is 20.1 Å². The highest BCUT2D eigenvalue weighted by Gasteiger charge is 2.44. The fourth-order valence-electron chi connectivity index (χ4n) is 3.62. The number of aromatic nitrogens is 3. The van der Waals surface area contributed by atoms with Crippen LogP contribution in [0, 0.1) is 0 Å². The standard InChI is InChI=1S/C18H22N4O3/c23-17(16-3-7-20-21-16)22-8-4-18(5-9-22)10-15(13-25-18)24-12-14-2-1-6-19-11-14/h1-3,6-7,11,15H,4-5,8-10,12-13H2,(H,20,21)/t15-/m0/s1. The molecule has 7 nitrogen and oxygen atoms in total. The number of ether oxygens (including phenoxy) is 2. The SMILES string of the molecule is O=C(c1ccn[nH]1)N1CCC2(CC1)C[C@H](OCc1cccnc1)CO2. The largest absolute Gasteiger partial charge is 0.372 e. The molecule has 132 valence electrons. The van der Waals surface area contributed by atoms with E-state index in [-0.39, 0.29) is 17.6 Å². The number of nitrogens with one attached hydrogen (secondary N) is 1. The average Bonchev–Trinajstić information content (AvgIpc) is 3.32. The average molecular weight is 342 g/mol. The Morgan fingerprint density at radius 2 is 2.24 bits per heavy atom. The second-order valence-corrected chi connectivity index (χ2v) is 6.75. The van der Waals surface area contributed by atoms with Crippen molar-refractivity contribution in [2.45, 2.75) is 37.6 Å². The Kier molecular flexibility index (Phi) is 4.50. The highest BCUT2D eigenvalue weighted by Crippen LogP contribution is 2.37. The first-order chi connectivity index (χ1) is 12.2. The van der Waals surface area contributed by atoms with Crippen molar-refractivity contribution in [2.75, 3.05) is 19.7 Å². The maximum Gasteiger partial charge on any atom is 0.271 e. The number of H-pyrrole nitrogens is 1. The molecule has 1 spiro atoms. The molecule has 1 atom stereocenters. The number of piperidine rings is 1. The van der Waals surface area contributed by atoms with E-state index in [0.29, 0.717) is 32.0 Å². The molecule has 4 heterocycles. The van der Waals surface area contributed by atoms with Crippen LogP contribution in [0.15, 0.2) is 36.8 Å². The Bertz CT molecular complexity index is 696. The molecule has 2 saturated heterocycles. The minimum absolute atomic E-state index is 0.00900. The van der Waals surface area contributed by atoms with Gasteiger partial charge in [-0.2, -0.15) is 5.10 Å². The molecule has 2 aliphatic heterocycles. The van der Waals surface area contributed by atoms with E-state index in [2.05, 4.69) is 15.2 Å². The van der Waals surface area contributed by atoms with Gasteiger partial charge in [0.25, 0.3) is 5.91 Å². The monoisotopic (exact) mass is 342 g/mol. The van der Waals surface area contributed by atoms with Crippen LogP contribution in [-0.4, -0.2) is 57.4 Å². The van der Waals surface area contributed by atoms with Gasteiger partial charge in [0.1, 0.15) is 5.69 Å². The van der Waals surface area contributed by atoms with Crippen molar-refractivity contribution in [3.63, 3.8) is 0 Å². The molecule has 1 N–H and O–H groups in total. The first-order valence-corrected chi connectivity index (χ1v) is 8.67. The number of aromatic amines is 1. The first-order valence-electron chi connectivity index (χ1n) is 8.67. The molecular weight excluding hydrogens is 320 g/mol. The second kappa shape index (κ2) is 6.93. The van der Waals surface area contributed by atoms with Gasteiger partial charge in [-0.1, -0.05) is 6.07 Å². The summed E-state index contributed by atoms with van der Waals surface area (Å²) in [7, 11) is 0. The lowest BCUT2D eigenvalue weighted by Crippen LogP contribution is -2.46. The highest BCUT2D eigenvalue weighted by molar-refractivity contribution is 5.92. The lowest BCUT2D eigenvalue weighted by molar-refractivity contribution is -0.0413. The van der Waals surface area contributed by atoms with Gasteiger partial charge in [-0.3, -0.25) is 14.9 Å². The molecule has 0 bridgehead atoms. The van der Waals surface area contributed by atoms with Gasteiger partial charge in [0.15, 0.2) is 0 Å². The predicted molar refractivity (Wildman–Crippen MR) is 89.8 cm³/mol. The minimum Gasteiger partial charge on any atom is -0.372 e. The molecule has 1 amide bonds. The number of hydrogen-bond acceptors (Lipinski definition) is 5. The van der Waals surface area contributed by atoms with Crippen molar-refractivity contribution in [2.24, 2.45) is 0 Å².